The molecule has 0 aromatic carbocycles. The highest BCUT2D eigenvalue weighted by molar-refractivity contribution is 5.35. The van der Waals surface area contributed by atoms with Crippen molar-refractivity contribution in [1.29, 1.82) is 0 Å². The monoisotopic (exact) mass is 250 g/mol. The van der Waals surface area contributed by atoms with Gasteiger partial charge in [-0.3, -0.25) is 0 Å². The lowest BCUT2D eigenvalue weighted by molar-refractivity contribution is 0.0156. The summed E-state index contributed by atoms with van der Waals surface area (Å²) >= 11 is 0. The Hall–Kier alpha value is -1.20. The molecule has 0 aliphatic carbocycles. The van der Waals surface area contributed by atoms with E-state index in [0.29, 0.717) is 11.7 Å². The highest BCUT2D eigenvalue weighted by Gasteiger charge is 2.17. The van der Waals surface area contributed by atoms with E-state index in [4.69, 9.17) is 10.6 Å². The standard InChI is InChI=1S/C13H22N4O/c1-9(2)11-8-13(17-14)16-12(15-11)7-10-5-3-4-6-18-10/h8-10H,3-7,14H2,1-2H3,(H,15,16,17). The molecule has 1 fully saturated rings. The first-order valence-corrected chi connectivity index (χ1v) is 6.65. The maximum Gasteiger partial charge on any atom is 0.143 e. The van der Waals surface area contributed by atoms with Crippen molar-refractivity contribution >= 4 is 5.82 Å². The van der Waals surface area contributed by atoms with Crippen LogP contribution >= 0.6 is 0 Å². The summed E-state index contributed by atoms with van der Waals surface area (Å²) in [5.41, 5.74) is 3.63. The third-order valence-corrected chi connectivity index (χ3v) is 3.22. The van der Waals surface area contributed by atoms with E-state index < -0.39 is 0 Å². The van der Waals surface area contributed by atoms with Crippen LogP contribution in [0.2, 0.25) is 0 Å². The second-order valence-electron chi connectivity index (χ2n) is 5.09. The largest absolute Gasteiger partial charge is 0.378 e. The molecule has 3 N–H and O–H groups in total. The van der Waals surface area contributed by atoms with Crippen LogP contribution in [-0.4, -0.2) is 22.7 Å². The normalized spacial score (nSPS) is 20.1. The smallest absolute Gasteiger partial charge is 0.143 e. The predicted molar refractivity (Wildman–Crippen MR) is 71.2 cm³/mol. The van der Waals surface area contributed by atoms with Crippen molar-refractivity contribution in [3.05, 3.63) is 17.6 Å². The highest BCUT2D eigenvalue weighted by atomic mass is 16.5. The third kappa shape index (κ3) is 3.40. The Balaban J connectivity index is 2.12. The summed E-state index contributed by atoms with van der Waals surface area (Å²) in [4.78, 5) is 8.99. The molecule has 0 amide bonds. The van der Waals surface area contributed by atoms with Crippen LogP contribution in [0.4, 0.5) is 5.82 Å². The van der Waals surface area contributed by atoms with Gasteiger partial charge in [-0.25, -0.2) is 15.8 Å². The molecular weight excluding hydrogens is 228 g/mol. The van der Waals surface area contributed by atoms with Crippen LogP contribution in [0.1, 0.15) is 50.5 Å². The van der Waals surface area contributed by atoms with Gasteiger partial charge in [-0.05, 0) is 25.2 Å². The van der Waals surface area contributed by atoms with E-state index in [0.717, 1.165) is 31.0 Å². The molecule has 2 rings (SSSR count). The number of aromatic nitrogens is 2. The van der Waals surface area contributed by atoms with Crippen LogP contribution in [0.5, 0.6) is 0 Å². The molecule has 1 aliphatic rings. The van der Waals surface area contributed by atoms with E-state index in [-0.39, 0.29) is 6.10 Å². The number of hydrogen-bond acceptors (Lipinski definition) is 5. The van der Waals surface area contributed by atoms with Crippen molar-refractivity contribution in [3.63, 3.8) is 0 Å². The van der Waals surface area contributed by atoms with Gasteiger partial charge in [0.1, 0.15) is 11.6 Å². The Morgan fingerprint density at radius 3 is 2.89 bits per heavy atom. The summed E-state index contributed by atoms with van der Waals surface area (Å²) in [5.74, 6) is 7.32. The molecule has 5 heteroatoms. The second-order valence-corrected chi connectivity index (χ2v) is 5.09. The Labute approximate surface area is 108 Å². The van der Waals surface area contributed by atoms with Crippen molar-refractivity contribution in [3.8, 4) is 0 Å². The number of nitrogens with one attached hydrogen (secondary N) is 1. The second kappa shape index (κ2) is 6.11. The molecular formula is C13H22N4O. The Kier molecular flexibility index (Phi) is 4.49. The summed E-state index contributed by atoms with van der Waals surface area (Å²) in [7, 11) is 0. The van der Waals surface area contributed by atoms with Crippen molar-refractivity contribution in [2.24, 2.45) is 5.84 Å². The van der Waals surface area contributed by atoms with Crippen LogP contribution in [0.3, 0.4) is 0 Å². The van der Waals surface area contributed by atoms with Crippen molar-refractivity contribution in [2.45, 2.75) is 51.6 Å². The fraction of sp³-hybridized carbons (Fsp3) is 0.692. The fourth-order valence-corrected chi connectivity index (χ4v) is 2.15. The predicted octanol–water partition coefficient (Wildman–Crippen LogP) is 2.00. The van der Waals surface area contributed by atoms with Crippen LogP contribution in [-0.2, 0) is 11.2 Å². The van der Waals surface area contributed by atoms with Crippen molar-refractivity contribution < 1.29 is 4.74 Å². The molecule has 0 saturated carbocycles. The Morgan fingerprint density at radius 1 is 1.44 bits per heavy atom. The van der Waals surface area contributed by atoms with Crippen molar-refractivity contribution in [2.75, 3.05) is 12.0 Å². The number of hydrazine groups is 1. The lowest BCUT2D eigenvalue weighted by atomic mass is 10.1. The van der Waals surface area contributed by atoms with Gasteiger partial charge in [0.2, 0.25) is 0 Å². The molecule has 1 unspecified atom stereocenters. The highest BCUT2D eigenvalue weighted by Crippen LogP contribution is 2.19. The third-order valence-electron chi connectivity index (χ3n) is 3.22. The summed E-state index contributed by atoms with van der Waals surface area (Å²) in [5, 5.41) is 0. The number of rotatable bonds is 4. The van der Waals surface area contributed by atoms with Gasteiger partial charge < -0.3 is 10.2 Å². The molecule has 1 atom stereocenters. The van der Waals surface area contributed by atoms with Gasteiger partial charge in [-0.15, -0.1) is 0 Å². The topological polar surface area (TPSA) is 73.1 Å². The van der Waals surface area contributed by atoms with Gasteiger partial charge in [0, 0.05) is 24.8 Å². The molecule has 18 heavy (non-hydrogen) atoms. The average molecular weight is 250 g/mol. The maximum absolute atomic E-state index is 5.72. The number of nitrogen functional groups attached to an aromatic ring is 1. The first-order chi connectivity index (χ1) is 8.69. The van der Waals surface area contributed by atoms with Gasteiger partial charge in [0.05, 0.1) is 6.10 Å². The van der Waals surface area contributed by atoms with Gasteiger partial charge in [-0.2, -0.15) is 0 Å². The van der Waals surface area contributed by atoms with Crippen molar-refractivity contribution in [1.82, 2.24) is 9.97 Å². The molecule has 1 aliphatic heterocycles. The Morgan fingerprint density at radius 2 is 2.28 bits per heavy atom. The van der Waals surface area contributed by atoms with Crippen LogP contribution < -0.4 is 11.3 Å². The minimum Gasteiger partial charge on any atom is -0.378 e. The zero-order valence-corrected chi connectivity index (χ0v) is 11.1. The summed E-state index contributed by atoms with van der Waals surface area (Å²) < 4.78 is 5.72. The first kappa shape index (κ1) is 13.2. The van der Waals surface area contributed by atoms with E-state index in [1.807, 2.05) is 6.07 Å². The van der Waals surface area contributed by atoms with Gasteiger partial charge >= 0.3 is 0 Å². The first-order valence-electron chi connectivity index (χ1n) is 6.65. The number of ether oxygens (including phenoxy) is 1. The summed E-state index contributed by atoms with van der Waals surface area (Å²) in [6.45, 7) is 5.09. The molecule has 1 aromatic heterocycles. The number of anilines is 1. The molecule has 1 aromatic rings. The fourth-order valence-electron chi connectivity index (χ4n) is 2.15. The van der Waals surface area contributed by atoms with E-state index in [1.54, 1.807) is 0 Å². The minimum absolute atomic E-state index is 0.256. The molecule has 100 valence electrons. The molecule has 2 heterocycles. The lowest BCUT2D eigenvalue weighted by Crippen LogP contribution is -2.23. The maximum atomic E-state index is 5.72. The molecule has 0 bridgehead atoms. The SMILES string of the molecule is CC(C)c1cc(NN)nc(CC2CCCCO2)n1. The number of nitrogens with two attached hydrogens (primary N) is 1. The van der Waals surface area contributed by atoms with Crippen LogP contribution in [0.25, 0.3) is 0 Å². The van der Waals surface area contributed by atoms with Crippen LogP contribution in [0, 0.1) is 0 Å². The number of hydrogen-bond donors (Lipinski definition) is 2. The minimum atomic E-state index is 0.256. The van der Waals surface area contributed by atoms with E-state index in [2.05, 4.69) is 29.2 Å². The molecule has 1 saturated heterocycles. The quantitative estimate of drug-likeness (QED) is 0.631. The molecule has 0 radical (unpaired) electrons. The summed E-state index contributed by atoms with van der Waals surface area (Å²) in [6, 6.07) is 1.90. The van der Waals surface area contributed by atoms with E-state index >= 15 is 0 Å². The molecule has 5 nitrogen and oxygen atoms in total. The lowest BCUT2D eigenvalue weighted by Gasteiger charge is -2.22. The van der Waals surface area contributed by atoms with Gasteiger partial charge in [0.25, 0.3) is 0 Å². The van der Waals surface area contributed by atoms with E-state index in [1.165, 1.54) is 12.8 Å². The van der Waals surface area contributed by atoms with Crippen LogP contribution in [0.15, 0.2) is 6.07 Å². The summed E-state index contributed by atoms with van der Waals surface area (Å²) in [6.07, 6.45) is 4.53. The van der Waals surface area contributed by atoms with Gasteiger partial charge in [-0.1, -0.05) is 13.8 Å². The zero-order chi connectivity index (χ0) is 13.0. The molecule has 0 spiro atoms. The average Bonchev–Trinajstić information content (AvgIpc) is 2.39. The zero-order valence-electron chi connectivity index (χ0n) is 11.1. The van der Waals surface area contributed by atoms with E-state index in [9.17, 15) is 0 Å². The Bertz CT molecular complexity index is 389. The van der Waals surface area contributed by atoms with Gasteiger partial charge in [0.15, 0.2) is 0 Å². The number of nitrogens with zero attached hydrogens (tertiary/aromatic N) is 2.